The number of pyridine rings is 1. The van der Waals surface area contributed by atoms with Gasteiger partial charge >= 0.3 is 6.18 Å². The number of alkyl halides is 3. The maximum absolute atomic E-state index is 12.4. The number of hydrogen-bond donors (Lipinski definition) is 2. The minimum atomic E-state index is -4.39. The Labute approximate surface area is 170 Å². The van der Waals surface area contributed by atoms with Gasteiger partial charge in [0, 0.05) is 30.7 Å². The van der Waals surface area contributed by atoms with Crippen LogP contribution in [0.25, 0.3) is 11.0 Å². The number of thioether (sulfide) groups is 1. The Kier molecular flexibility index (Phi) is 6.86. The predicted molar refractivity (Wildman–Crippen MR) is 106 cm³/mol. The Morgan fingerprint density at radius 3 is 2.79 bits per heavy atom. The summed E-state index contributed by atoms with van der Waals surface area (Å²) >= 11 is 1.42. The highest BCUT2D eigenvalue weighted by atomic mass is 32.2. The van der Waals surface area contributed by atoms with Crippen LogP contribution in [0, 0.1) is 6.92 Å². The molecule has 1 aromatic carbocycles. The number of aliphatic hydroxyl groups excluding tert-OH is 1. The van der Waals surface area contributed by atoms with Crippen LogP contribution in [-0.4, -0.2) is 45.7 Å². The lowest BCUT2D eigenvalue weighted by Gasteiger charge is -2.14. The second-order valence-electron chi connectivity index (χ2n) is 6.28. The number of halogens is 3. The minimum Gasteiger partial charge on any atom is -0.484 e. The van der Waals surface area contributed by atoms with Crippen molar-refractivity contribution in [2.45, 2.75) is 30.4 Å². The normalized spacial score (nSPS) is 11.8. The molecule has 6 nitrogen and oxygen atoms in total. The molecule has 0 amide bonds. The highest BCUT2D eigenvalue weighted by molar-refractivity contribution is 7.98. The molecule has 0 saturated heterocycles. The number of benzene rings is 1. The number of hydrogen-bond acceptors (Lipinski definition) is 6. The first-order valence-electron chi connectivity index (χ1n) is 8.98. The number of nitrogens with zero attached hydrogens (tertiary/aromatic N) is 3. The number of nitrogens with one attached hydrogen (secondary N) is 1. The number of ether oxygens (including phenoxy) is 1. The van der Waals surface area contributed by atoms with Crippen LogP contribution in [0.3, 0.4) is 0 Å². The second-order valence-corrected chi connectivity index (χ2v) is 7.22. The van der Waals surface area contributed by atoms with Crippen molar-refractivity contribution in [1.29, 1.82) is 0 Å². The molecule has 0 saturated carbocycles. The van der Waals surface area contributed by atoms with Gasteiger partial charge in [0.1, 0.15) is 5.75 Å². The monoisotopic (exact) mass is 426 g/mol. The molecule has 0 spiro atoms. The number of aromatic nitrogens is 3. The molecule has 3 rings (SSSR count). The van der Waals surface area contributed by atoms with Gasteiger partial charge in [-0.25, -0.2) is 9.66 Å². The van der Waals surface area contributed by atoms with Crippen LogP contribution in [0.1, 0.15) is 17.7 Å². The fourth-order valence-corrected chi connectivity index (χ4v) is 3.69. The summed E-state index contributed by atoms with van der Waals surface area (Å²) in [6.07, 6.45) is -2.36. The van der Waals surface area contributed by atoms with Crippen LogP contribution in [-0.2, 0) is 5.75 Å². The summed E-state index contributed by atoms with van der Waals surface area (Å²) in [7, 11) is 0. The molecular weight excluding hydrogens is 405 g/mol. The van der Waals surface area contributed by atoms with E-state index in [2.05, 4.69) is 15.4 Å². The molecule has 0 aliphatic rings. The van der Waals surface area contributed by atoms with Crippen LogP contribution >= 0.6 is 11.8 Å². The molecule has 29 heavy (non-hydrogen) atoms. The van der Waals surface area contributed by atoms with E-state index in [0.717, 1.165) is 11.0 Å². The van der Waals surface area contributed by atoms with E-state index >= 15 is 0 Å². The number of aliphatic hydroxyl groups is 1. The summed E-state index contributed by atoms with van der Waals surface area (Å²) in [5.74, 6) is 0.586. The fraction of sp³-hybridized carbons (Fsp3) is 0.368. The Hall–Kier alpha value is -2.46. The average molecular weight is 426 g/mol. The highest BCUT2D eigenvalue weighted by Crippen LogP contribution is 2.29. The summed E-state index contributed by atoms with van der Waals surface area (Å²) < 4.78 is 44.1. The van der Waals surface area contributed by atoms with Gasteiger partial charge in [-0.2, -0.15) is 13.2 Å². The van der Waals surface area contributed by atoms with Crippen LogP contribution in [0.4, 0.5) is 13.2 Å². The van der Waals surface area contributed by atoms with Crippen LogP contribution in [0.15, 0.2) is 41.7 Å². The van der Waals surface area contributed by atoms with Crippen molar-refractivity contribution >= 4 is 22.8 Å². The predicted octanol–water partition coefficient (Wildman–Crippen LogP) is 3.90. The van der Waals surface area contributed by atoms with Crippen molar-refractivity contribution in [2.24, 2.45) is 0 Å². The molecule has 0 fully saturated rings. The van der Waals surface area contributed by atoms with Gasteiger partial charge in [0.25, 0.3) is 0 Å². The van der Waals surface area contributed by atoms with E-state index in [1.54, 1.807) is 6.92 Å². The van der Waals surface area contributed by atoms with Gasteiger partial charge in [-0.05, 0) is 31.5 Å². The average Bonchev–Trinajstić information content (AvgIpc) is 3.03. The van der Waals surface area contributed by atoms with Gasteiger partial charge in [0.15, 0.2) is 11.8 Å². The van der Waals surface area contributed by atoms with Crippen LogP contribution in [0.2, 0.25) is 0 Å². The molecule has 0 aliphatic heterocycles. The molecule has 0 unspecified atom stereocenters. The molecule has 2 N–H and O–H groups in total. The standard InChI is InChI=1S/C19H21F3N4O2S/c1-13-15(23-9-7-17(13)28-12-19(20,21)22)11-29-18-25-14-5-2-3-6-16(14)26(18)24-8-4-10-27/h2-3,5-7,9,24,27H,4,8,10-12H2,1H3. The van der Waals surface area contributed by atoms with E-state index in [1.807, 2.05) is 28.9 Å². The van der Waals surface area contributed by atoms with E-state index in [0.29, 0.717) is 35.1 Å². The van der Waals surface area contributed by atoms with E-state index in [9.17, 15) is 13.2 Å². The molecule has 0 atom stereocenters. The first-order valence-corrected chi connectivity index (χ1v) is 9.96. The lowest BCUT2D eigenvalue weighted by atomic mass is 10.2. The van der Waals surface area contributed by atoms with E-state index < -0.39 is 12.8 Å². The van der Waals surface area contributed by atoms with Crippen molar-refractivity contribution in [3.05, 3.63) is 47.8 Å². The topological polar surface area (TPSA) is 72.2 Å². The van der Waals surface area contributed by atoms with E-state index in [4.69, 9.17) is 9.84 Å². The Morgan fingerprint density at radius 2 is 2.03 bits per heavy atom. The summed E-state index contributed by atoms with van der Waals surface area (Å²) in [6, 6.07) is 9.08. The Morgan fingerprint density at radius 1 is 1.24 bits per heavy atom. The quantitative estimate of drug-likeness (QED) is 0.400. The van der Waals surface area contributed by atoms with Crippen molar-refractivity contribution in [1.82, 2.24) is 14.6 Å². The molecule has 2 aromatic heterocycles. The fourth-order valence-electron chi connectivity index (χ4n) is 2.68. The van der Waals surface area contributed by atoms with Crippen LogP contribution < -0.4 is 10.2 Å². The van der Waals surface area contributed by atoms with Gasteiger partial charge in [0.2, 0.25) is 0 Å². The zero-order valence-electron chi connectivity index (χ0n) is 15.7. The zero-order valence-corrected chi connectivity index (χ0v) is 16.6. The third-order valence-electron chi connectivity index (χ3n) is 4.12. The molecule has 3 aromatic rings. The van der Waals surface area contributed by atoms with E-state index in [-0.39, 0.29) is 12.4 Å². The van der Waals surface area contributed by atoms with Crippen molar-refractivity contribution in [3.8, 4) is 5.75 Å². The van der Waals surface area contributed by atoms with Gasteiger partial charge in [0.05, 0.1) is 16.7 Å². The first-order chi connectivity index (χ1) is 13.9. The Balaban J connectivity index is 1.77. The van der Waals surface area contributed by atoms with E-state index in [1.165, 1.54) is 24.0 Å². The summed E-state index contributed by atoms with van der Waals surface area (Å²) in [6.45, 7) is 1.00. The summed E-state index contributed by atoms with van der Waals surface area (Å²) in [5, 5.41) is 9.72. The molecule has 10 heteroatoms. The highest BCUT2D eigenvalue weighted by Gasteiger charge is 2.28. The molecule has 0 radical (unpaired) electrons. The minimum absolute atomic E-state index is 0.0793. The smallest absolute Gasteiger partial charge is 0.422 e. The molecule has 0 aliphatic carbocycles. The van der Waals surface area contributed by atoms with Gasteiger partial charge in [-0.3, -0.25) is 4.98 Å². The van der Waals surface area contributed by atoms with Gasteiger partial charge < -0.3 is 15.3 Å². The number of para-hydroxylation sites is 2. The zero-order chi connectivity index (χ0) is 20.9. The Bertz CT molecular complexity index is 962. The maximum Gasteiger partial charge on any atom is 0.422 e. The van der Waals surface area contributed by atoms with Crippen molar-refractivity contribution < 1.29 is 23.0 Å². The number of imidazole rings is 1. The molecule has 0 bridgehead atoms. The summed E-state index contributed by atoms with van der Waals surface area (Å²) in [4.78, 5) is 8.91. The summed E-state index contributed by atoms with van der Waals surface area (Å²) in [5.41, 5.74) is 6.16. The van der Waals surface area contributed by atoms with Gasteiger partial charge in [-0.1, -0.05) is 23.9 Å². The molecular formula is C19H21F3N4O2S. The number of rotatable bonds is 9. The first kappa shape index (κ1) is 21.3. The largest absolute Gasteiger partial charge is 0.484 e. The third-order valence-corrected chi connectivity index (χ3v) is 5.07. The number of fused-ring (bicyclic) bond motifs is 1. The second kappa shape index (κ2) is 9.36. The van der Waals surface area contributed by atoms with Crippen molar-refractivity contribution in [2.75, 3.05) is 25.2 Å². The molecule has 156 valence electrons. The maximum atomic E-state index is 12.4. The van der Waals surface area contributed by atoms with Gasteiger partial charge in [-0.15, -0.1) is 0 Å². The molecule has 2 heterocycles. The van der Waals surface area contributed by atoms with Crippen molar-refractivity contribution in [3.63, 3.8) is 0 Å². The lowest BCUT2D eigenvalue weighted by Crippen LogP contribution is -2.19. The third kappa shape index (κ3) is 5.54. The SMILES string of the molecule is Cc1c(OCC(F)(F)F)ccnc1CSc1nc2ccccc2n1NCCCO. The van der Waals surface area contributed by atoms with Crippen LogP contribution in [0.5, 0.6) is 5.75 Å². The lowest BCUT2D eigenvalue weighted by molar-refractivity contribution is -0.153.